The van der Waals surface area contributed by atoms with Crippen molar-refractivity contribution in [1.82, 2.24) is 9.62 Å². The summed E-state index contributed by atoms with van der Waals surface area (Å²) in [6.45, 7) is 4.13. The molecule has 1 amide bonds. The third kappa shape index (κ3) is 4.36. The van der Waals surface area contributed by atoms with Crippen LogP contribution in [-0.2, 0) is 14.8 Å². The molecular weight excluding hydrogens is 354 g/mol. The zero-order chi connectivity index (χ0) is 18.6. The van der Waals surface area contributed by atoms with Crippen LogP contribution in [0.2, 0.25) is 0 Å². The fourth-order valence-corrected chi connectivity index (χ4v) is 4.64. The lowest BCUT2D eigenvalue weighted by molar-refractivity contribution is -0.117. The van der Waals surface area contributed by atoms with E-state index in [1.807, 2.05) is 0 Å². The molecule has 0 saturated carbocycles. The van der Waals surface area contributed by atoms with Gasteiger partial charge in [0.15, 0.2) is 0 Å². The van der Waals surface area contributed by atoms with E-state index in [9.17, 15) is 13.2 Å². The van der Waals surface area contributed by atoms with E-state index < -0.39 is 10.0 Å². The van der Waals surface area contributed by atoms with Gasteiger partial charge in [0.05, 0.1) is 17.7 Å². The number of anilines is 1. The molecule has 26 heavy (non-hydrogen) atoms. The van der Waals surface area contributed by atoms with Crippen molar-refractivity contribution in [2.45, 2.75) is 37.0 Å². The Morgan fingerprint density at radius 2 is 1.92 bits per heavy atom. The number of ether oxygens (including phenoxy) is 1. The Hall–Kier alpha value is -1.64. The number of likely N-dealkylation sites (tertiary alicyclic amines) is 1. The molecule has 0 bridgehead atoms. The molecule has 1 N–H and O–H groups in total. The third-order valence-electron chi connectivity index (χ3n) is 4.97. The van der Waals surface area contributed by atoms with Crippen molar-refractivity contribution >= 4 is 21.6 Å². The second kappa shape index (κ2) is 8.37. The Balaban J connectivity index is 1.67. The standard InChI is InChI=1S/C18H27N3O4S/c1-25-17-8-7-15(14-16(17)21-13-4-6-18(21)22)26(23,24)19-9-5-12-20-10-2-3-11-20/h7-8,14,19H,2-6,9-13H2,1H3. The van der Waals surface area contributed by atoms with E-state index in [0.717, 1.165) is 32.5 Å². The average molecular weight is 381 g/mol. The normalized spacial score (nSPS) is 18.7. The Morgan fingerprint density at radius 3 is 2.58 bits per heavy atom. The highest BCUT2D eigenvalue weighted by Crippen LogP contribution is 2.33. The number of sulfonamides is 1. The Bertz CT molecular complexity index is 745. The van der Waals surface area contributed by atoms with Crippen LogP contribution < -0.4 is 14.4 Å². The van der Waals surface area contributed by atoms with E-state index in [2.05, 4.69) is 9.62 Å². The maximum atomic E-state index is 12.6. The number of methoxy groups -OCH3 is 1. The topological polar surface area (TPSA) is 79.0 Å². The van der Waals surface area contributed by atoms with Crippen LogP contribution in [0.25, 0.3) is 0 Å². The first-order chi connectivity index (χ1) is 12.5. The smallest absolute Gasteiger partial charge is 0.240 e. The molecule has 3 rings (SSSR count). The highest BCUT2D eigenvalue weighted by Gasteiger charge is 2.26. The summed E-state index contributed by atoms with van der Waals surface area (Å²) >= 11 is 0. The van der Waals surface area contributed by atoms with Crippen molar-refractivity contribution in [2.75, 3.05) is 44.7 Å². The fourth-order valence-electron chi connectivity index (χ4n) is 3.55. The molecule has 2 fully saturated rings. The van der Waals surface area contributed by atoms with Crippen LogP contribution in [0.4, 0.5) is 5.69 Å². The molecule has 2 aliphatic rings. The van der Waals surface area contributed by atoms with Crippen molar-refractivity contribution in [3.63, 3.8) is 0 Å². The monoisotopic (exact) mass is 381 g/mol. The summed E-state index contributed by atoms with van der Waals surface area (Å²) in [6.07, 6.45) is 4.50. The first-order valence-electron chi connectivity index (χ1n) is 9.22. The molecule has 0 spiro atoms. The van der Waals surface area contributed by atoms with E-state index in [1.54, 1.807) is 11.0 Å². The van der Waals surface area contributed by atoms with Crippen molar-refractivity contribution in [2.24, 2.45) is 0 Å². The molecule has 0 aromatic heterocycles. The Kier molecular flexibility index (Phi) is 6.16. The van der Waals surface area contributed by atoms with Gasteiger partial charge in [-0.05, 0) is 63.5 Å². The quantitative estimate of drug-likeness (QED) is 0.692. The highest BCUT2D eigenvalue weighted by molar-refractivity contribution is 7.89. The number of amides is 1. The lowest BCUT2D eigenvalue weighted by atomic mass is 10.2. The zero-order valence-corrected chi connectivity index (χ0v) is 16.1. The van der Waals surface area contributed by atoms with Gasteiger partial charge in [-0.2, -0.15) is 0 Å². The van der Waals surface area contributed by atoms with Gasteiger partial charge in [0.2, 0.25) is 15.9 Å². The second-order valence-electron chi connectivity index (χ2n) is 6.78. The van der Waals surface area contributed by atoms with Gasteiger partial charge < -0.3 is 14.5 Å². The maximum Gasteiger partial charge on any atom is 0.240 e. The van der Waals surface area contributed by atoms with Crippen LogP contribution in [0.1, 0.15) is 32.1 Å². The summed E-state index contributed by atoms with van der Waals surface area (Å²) in [5, 5.41) is 0. The van der Waals surface area contributed by atoms with Crippen LogP contribution in [-0.4, -0.2) is 59.1 Å². The maximum absolute atomic E-state index is 12.6. The summed E-state index contributed by atoms with van der Waals surface area (Å²) < 4.78 is 33.2. The zero-order valence-electron chi connectivity index (χ0n) is 15.2. The number of rotatable bonds is 8. The number of benzene rings is 1. The molecule has 2 aliphatic heterocycles. The SMILES string of the molecule is COc1ccc(S(=O)(=O)NCCCN2CCCC2)cc1N1CCCC1=O. The lowest BCUT2D eigenvalue weighted by Crippen LogP contribution is -2.29. The fraction of sp³-hybridized carbons (Fsp3) is 0.611. The molecule has 1 aromatic carbocycles. The third-order valence-corrected chi connectivity index (χ3v) is 6.43. The van der Waals surface area contributed by atoms with Gasteiger partial charge in [-0.1, -0.05) is 0 Å². The van der Waals surface area contributed by atoms with E-state index in [1.165, 1.54) is 32.1 Å². The van der Waals surface area contributed by atoms with Gasteiger partial charge in [0.25, 0.3) is 0 Å². The number of hydrogen-bond donors (Lipinski definition) is 1. The van der Waals surface area contributed by atoms with Crippen molar-refractivity contribution < 1.29 is 17.9 Å². The van der Waals surface area contributed by atoms with Crippen LogP contribution in [0.15, 0.2) is 23.1 Å². The molecule has 0 radical (unpaired) electrons. The van der Waals surface area contributed by atoms with Gasteiger partial charge in [0, 0.05) is 19.5 Å². The van der Waals surface area contributed by atoms with Gasteiger partial charge in [-0.15, -0.1) is 0 Å². The van der Waals surface area contributed by atoms with E-state index in [4.69, 9.17) is 4.74 Å². The number of carbonyl (C=O) groups excluding carboxylic acids is 1. The average Bonchev–Trinajstić information content (AvgIpc) is 3.29. The molecule has 2 heterocycles. The van der Waals surface area contributed by atoms with E-state index in [-0.39, 0.29) is 10.8 Å². The molecular formula is C18H27N3O4S. The molecule has 0 atom stereocenters. The Morgan fingerprint density at radius 1 is 1.15 bits per heavy atom. The number of hydrogen-bond acceptors (Lipinski definition) is 5. The van der Waals surface area contributed by atoms with Gasteiger partial charge >= 0.3 is 0 Å². The summed E-state index contributed by atoms with van der Waals surface area (Å²) in [6, 6.07) is 4.66. The van der Waals surface area contributed by atoms with Crippen molar-refractivity contribution in [3.05, 3.63) is 18.2 Å². The largest absolute Gasteiger partial charge is 0.495 e. The van der Waals surface area contributed by atoms with Crippen LogP contribution in [0.5, 0.6) is 5.75 Å². The molecule has 7 nitrogen and oxygen atoms in total. The minimum Gasteiger partial charge on any atom is -0.495 e. The molecule has 144 valence electrons. The predicted octanol–water partition coefficient (Wildman–Crippen LogP) is 1.59. The first-order valence-corrected chi connectivity index (χ1v) is 10.7. The van der Waals surface area contributed by atoms with Crippen molar-refractivity contribution in [1.29, 1.82) is 0 Å². The first kappa shape index (κ1) is 19.1. The molecule has 2 saturated heterocycles. The minimum atomic E-state index is -3.61. The van der Waals surface area contributed by atoms with Gasteiger partial charge in [-0.25, -0.2) is 13.1 Å². The van der Waals surface area contributed by atoms with E-state index in [0.29, 0.717) is 30.9 Å². The van der Waals surface area contributed by atoms with E-state index >= 15 is 0 Å². The molecule has 0 unspecified atom stereocenters. The summed E-state index contributed by atoms with van der Waals surface area (Å²) in [7, 11) is -2.09. The molecule has 0 aliphatic carbocycles. The Labute approximate surface area is 155 Å². The summed E-state index contributed by atoms with van der Waals surface area (Å²) in [5.41, 5.74) is 0.523. The van der Waals surface area contributed by atoms with Gasteiger partial charge in [0.1, 0.15) is 5.75 Å². The molecule has 8 heteroatoms. The van der Waals surface area contributed by atoms with Crippen molar-refractivity contribution in [3.8, 4) is 5.75 Å². The van der Waals surface area contributed by atoms with Crippen LogP contribution in [0.3, 0.4) is 0 Å². The summed E-state index contributed by atoms with van der Waals surface area (Å²) in [4.78, 5) is 16.2. The number of nitrogens with zero attached hydrogens (tertiary/aromatic N) is 2. The summed E-state index contributed by atoms with van der Waals surface area (Å²) in [5.74, 6) is 0.504. The second-order valence-corrected chi connectivity index (χ2v) is 8.55. The number of carbonyl (C=O) groups is 1. The predicted molar refractivity (Wildman–Crippen MR) is 100 cm³/mol. The van der Waals surface area contributed by atoms with Crippen LogP contribution >= 0.6 is 0 Å². The highest BCUT2D eigenvalue weighted by atomic mass is 32.2. The molecule has 1 aromatic rings. The number of nitrogens with one attached hydrogen (secondary N) is 1. The van der Waals surface area contributed by atoms with Gasteiger partial charge in [-0.3, -0.25) is 4.79 Å². The lowest BCUT2D eigenvalue weighted by Gasteiger charge is -2.20. The van der Waals surface area contributed by atoms with Crippen LogP contribution in [0, 0.1) is 0 Å². The minimum absolute atomic E-state index is 0.00331.